The van der Waals surface area contributed by atoms with Gasteiger partial charge in [0.2, 0.25) is 0 Å². The number of para-hydroxylation sites is 1. The minimum Gasteiger partial charge on any atom is -0.454 e. The number of carbonyl (C=O) groups excluding carboxylic acids is 1. The van der Waals surface area contributed by atoms with Crippen molar-refractivity contribution in [3.05, 3.63) is 89.5 Å². The second-order valence-corrected chi connectivity index (χ2v) is 6.87. The molecule has 0 radical (unpaired) electrons. The van der Waals surface area contributed by atoms with Crippen LogP contribution in [0.4, 0.5) is 4.39 Å². The molecular formula is C24H25FN2O3. The summed E-state index contributed by atoms with van der Waals surface area (Å²) in [6.45, 7) is 4.93. The van der Waals surface area contributed by atoms with Crippen LogP contribution in [0, 0.1) is 5.82 Å². The maximum Gasteiger partial charge on any atom is 0.253 e. The standard InChI is InChI=1S/C24H25FN2O3/c1-3-29-17(2)13-20-12-11-19(16-26-20)24(28)27-15-18-7-6-8-21(14-18)30-23-10-5-4-9-22(23)25/h4-12,14,16-17H,3,13,15H2,1-2H3,(H,27,28). The molecule has 0 fully saturated rings. The van der Waals surface area contributed by atoms with Crippen LogP contribution < -0.4 is 10.1 Å². The van der Waals surface area contributed by atoms with Crippen LogP contribution in [0.2, 0.25) is 0 Å². The first-order chi connectivity index (χ1) is 14.5. The molecule has 0 spiro atoms. The van der Waals surface area contributed by atoms with Gasteiger partial charge in [-0.3, -0.25) is 9.78 Å². The van der Waals surface area contributed by atoms with Crippen molar-refractivity contribution in [2.45, 2.75) is 32.9 Å². The average molecular weight is 408 g/mol. The Morgan fingerprint density at radius 3 is 2.70 bits per heavy atom. The smallest absolute Gasteiger partial charge is 0.253 e. The van der Waals surface area contributed by atoms with Gasteiger partial charge in [-0.2, -0.15) is 0 Å². The molecule has 1 amide bonds. The number of amides is 1. The summed E-state index contributed by atoms with van der Waals surface area (Å²) >= 11 is 0. The lowest BCUT2D eigenvalue weighted by atomic mass is 10.1. The summed E-state index contributed by atoms with van der Waals surface area (Å²) in [5, 5.41) is 2.86. The predicted octanol–water partition coefficient (Wildman–Crippen LogP) is 4.91. The lowest BCUT2D eigenvalue weighted by Gasteiger charge is -2.11. The number of ether oxygens (including phenoxy) is 2. The second-order valence-electron chi connectivity index (χ2n) is 6.87. The molecule has 1 unspecified atom stereocenters. The molecule has 3 aromatic rings. The molecule has 0 aliphatic rings. The Bertz CT molecular complexity index is 976. The molecule has 0 saturated heterocycles. The number of pyridine rings is 1. The van der Waals surface area contributed by atoms with Crippen molar-refractivity contribution in [3.8, 4) is 11.5 Å². The number of rotatable bonds is 9. The monoisotopic (exact) mass is 408 g/mol. The summed E-state index contributed by atoms with van der Waals surface area (Å²) in [5.41, 5.74) is 2.21. The zero-order chi connectivity index (χ0) is 21.3. The van der Waals surface area contributed by atoms with E-state index in [4.69, 9.17) is 9.47 Å². The molecule has 0 bridgehead atoms. The highest BCUT2D eigenvalue weighted by Crippen LogP contribution is 2.24. The van der Waals surface area contributed by atoms with Crippen LogP contribution in [-0.4, -0.2) is 23.6 Å². The van der Waals surface area contributed by atoms with E-state index in [9.17, 15) is 9.18 Å². The van der Waals surface area contributed by atoms with Crippen LogP contribution in [0.15, 0.2) is 66.9 Å². The van der Waals surface area contributed by atoms with Crippen LogP contribution in [0.1, 0.15) is 35.5 Å². The molecule has 1 aromatic heterocycles. The molecule has 30 heavy (non-hydrogen) atoms. The molecule has 0 saturated carbocycles. The predicted molar refractivity (Wildman–Crippen MR) is 113 cm³/mol. The third-order valence-electron chi connectivity index (χ3n) is 4.45. The van der Waals surface area contributed by atoms with Crippen LogP contribution in [0.25, 0.3) is 0 Å². The van der Waals surface area contributed by atoms with Gasteiger partial charge in [-0.25, -0.2) is 4.39 Å². The molecule has 1 N–H and O–H groups in total. The van der Waals surface area contributed by atoms with Gasteiger partial charge in [0.25, 0.3) is 5.91 Å². The minimum atomic E-state index is -0.428. The van der Waals surface area contributed by atoms with E-state index in [1.807, 2.05) is 26.0 Å². The van der Waals surface area contributed by atoms with Gasteiger partial charge in [0, 0.05) is 31.5 Å². The van der Waals surface area contributed by atoms with Gasteiger partial charge in [-0.15, -0.1) is 0 Å². The normalized spacial score (nSPS) is 11.7. The molecule has 5 nitrogen and oxygen atoms in total. The lowest BCUT2D eigenvalue weighted by molar-refractivity contribution is 0.0761. The number of nitrogens with zero attached hydrogens (tertiary/aromatic N) is 1. The molecule has 156 valence electrons. The van der Waals surface area contributed by atoms with Crippen molar-refractivity contribution in [2.24, 2.45) is 0 Å². The molecule has 2 aromatic carbocycles. The van der Waals surface area contributed by atoms with E-state index in [2.05, 4.69) is 10.3 Å². The zero-order valence-electron chi connectivity index (χ0n) is 17.1. The first-order valence-corrected chi connectivity index (χ1v) is 9.91. The number of halogens is 1. The third kappa shape index (κ3) is 6.12. The highest BCUT2D eigenvalue weighted by molar-refractivity contribution is 5.93. The van der Waals surface area contributed by atoms with Gasteiger partial charge >= 0.3 is 0 Å². The van der Waals surface area contributed by atoms with Crippen molar-refractivity contribution in [3.63, 3.8) is 0 Å². The molecule has 1 atom stereocenters. The summed E-state index contributed by atoms with van der Waals surface area (Å²) in [4.78, 5) is 16.8. The summed E-state index contributed by atoms with van der Waals surface area (Å²) in [6.07, 6.45) is 2.35. The Hall–Kier alpha value is -3.25. The van der Waals surface area contributed by atoms with Crippen molar-refractivity contribution in [2.75, 3.05) is 6.61 Å². The SMILES string of the molecule is CCOC(C)Cc1ccc(C(=O)NCc2cccc(Oc3ccccc3F)c2)cn1. The van der Waals surface area contributed by atoms with E-state index in [0.717, 1.165) is 11.3 Å². The lowest BCUT2D eigenvalue weighted by Crippen LogP contribution is -2.23. The highest BCUT2D eigenvalue weighted by Gasteiger charge is 2.09. The number of benzene rings is 2. The van der Waals surface area contributed by atoms with Crippen molar-refractivity contribution < 1.29 is 18.7 Å². The fraction of sp³-hybridized carbons (Fsp3) is 0.250. The summed E-state index contributed by atoms with van der Waals surface area (Å²) in [5.74, 6) is 0.0138. The van der Waals surface area contributed by atoms with Crippen LogP contribution in [0.5, 0.6) is 11.5 Å². The van der Waals surface area contributed by atoms with E-state index in [-0.39, 0.29) is 17.8 Å². The summed E-state index contributed by atoms with van der Waals surface area (Å²) in [6, 6.07) is 17.0. The van der Waals surface area contributed by atoms with Gasteiger partial charge in [0.15, 0.2) is 11.6 Å². The highest BCUT2D eigenvalue weighted by atomic mass is 19.1. The van der Waals surface area contributed by atoms with Crippen molar-refractivity contribution in [1.82, 2.24) is 10.3 Å². The average Bonchev–Trinajstić information content (AvgIpc) is 2.75. The largest absolute Gasteiger partial charge is 0.454 e. The van der Waals surface area contributed by atoms with Gasteiger partial charge in [0.05, 0.1) is 11.7 Å². The summed E-state index contributed by atoms with van der Waals surface area (Å²) < 4.78 is 24.9. The van der Waals surface area contributed by atoms with Crippen molar-refractivity contribution in [1.29, 1.82) is 0 Å². The Balaban J connectivity index is 1.56. The van der Waals surface area contributed by atoms with Gasteiger partial charge < -0.3 is 14.8 Å². The maximum atomic E-state index is 13.8. The topological polar surface area (TPSA) is 60.5 Å². The van der Waals surface area contributed by atoms with Crippen LogP contribution in [-0.2, 0) is 17.7 Å². The van der Waals surface area contributed by atoms with Crippen molar-refractivity contribution >= 4 is 5.91 Å². The van der Waals surface area contributed by atoms with Gasteiger partial charge in [-0.05, 0) is 55.8 Å². The number of nitrogens with one attached hydrogen (secondary N) is 1. The summed E-state index contributed by atoms with van der Waals surface area (Å²) in [7, 11) is 0. The first kappa shape index (κ1) is 21.5. The molecule has 3 rings (SSSR count). The van der Waals surface area contributed by atoms with Crippen LogP contribution in [0.3, 0.4) is 0 Å². The minimum absolute atomic E-state index is 0.0843. The Morgan fingerprint density at radius 1 is 1.13 bits per heavy atom. The number of carbonyl (C=O) groups is 1. The number of aromatic nitrogens is 1. The van der Waals surface area contributed by atoms with E-state index in [0.29, 0.717) is 30.9 Å². The fourth-order valence-corrected chi connectivity index (χ4v) is 2.98. The van der Waals surface area contributed by atoms with Gasteiger partial charge in [0.1, 0.15) is 5.75 Å². The van der Waals surface area contributed by atoms with E-state index in [1.165, 1.54) is 6.07 Å². The van der Waals surface area contributed by atoms with E-state index in [1.54, 1.807) is 48.7 Å². The Kier molecular flexibility index (Phi) is 7.51. The molecule has 0 aliphatic heterocycles. The fourth-order valence-electron chi connectivity index (χ4n) is 2.98. The zero-order valence-corrected chi connectivity index (χ0v) is 17.1. The molecular weight excluding hydrogens is 383 g/mol. The van der Waals surface area contributed by atoms with E-state index < -0.39 is 5.82 Å². The Morgan fingerprint density at radius 2 is 1.97 bits per heavy atom. The first-order valence-electron chi connectivity index (χ1n) is 9.91. The van der Waals surface area contributed by atoms with Gasteiger partial charge in [-0.1, -0.05) is 24.3 Å². The number of hydrogen-bond acceptors (Lipinski definition) is 4. The second kappa shape index (κ2) is 10.5. The third-order valence-corrected chi connectivity index (χ3v) is 4.45. The van der Waals surface area contributed by atoms with Crippen LogP contribution >= 0.6 is 0 Å². The number of hydrogen-bond donors (Lipinski definition) is 1. The van der Waals surface area contributed by atoms with E-state index >= 15 is 0 Å². The maximum absolute atomic E-state index is 13.8. The molecule has 1 heterocycles. The quantitative estimate of drug-likeness (QED) is 0.546. The molecule has 6 heteroatoms. The Labute approximate surface area is 175 Å². The molecule has 0 aliphatic carbocycles.